The SMILES string of the molecule is C/C=C/C.CC(=O)NCc1ccccc1C.[HH]. The summed E-state index contributed by atoms with van der Waals surface area (Å²) in [6.07, 6.45) is 4.00. The van der Waals surface area contributed by atoms with Crippen LogP contribution in [-0.2, 0) is 11.3 Å². The Morgan fingerprint density at radius 2 is 1.88 bits per heavy atom. The number of aryl methyl sites for hydroxylation is 1. The molecule has 0 aromatic heterocycles. The van der Waals surface area contributed by atoms with Gasteiger partial charge in [-0.05, 0) is 31.9 Å². The number of carbonyl (C=O) groups is 1. The Bertz CT molecular complexity index is 344. The molecule has 0 spiro atoms. The van der Waals surface area contributed by atoms with Crippen molar-refractivity contribution >= 4 is 5.91 Å². The summed E-state index contributed by atoms with van der Waals surface area (Å²) in [6.45, 7) is 8.19. The fourth-order valence-corrected chi connectivity index (χ4v) is 1.03. The molecule has 0 fully saturated rings. The molecule has 0 saturated carbocycles. The first-order valence-corrected chi connectivity index (χ1v) is 5.48. The van der Waals surface area contributed by atoms with Crippen molar-refractivity contribution in [3.8, 4) is 0 Å². The largest absolute Gasteiger partial charge is 0.352 e. The van der Waals surface area contributed by atoms with Crippen molar-refractivity contribution in [1.82, 2.24) is 5.32 Å². The van der Waals surface area contributed by atoms with Crippen molar-refractivity contribution in [2.75, 3.05) is 0 Å². The summed E-state index contributed by atoms with van der Waals surface area (Å²) < 4.78 is 0. The molecule has 1 amide bonds. The molecule has 90 valence electrons. The van der Waals surface area contributed by atoms with Gasteiger partial charge in [0.2, 0.25) is 5.91 Å². The normalized spacial score (nSPS) is 9.50. The zero-order valence-electron chi connectivity index (χ0n) is 10.6. The van der Waals surface area contributed by atoms with Crippen LogP contribution in [0.3, 0.4) is 0 Å². The zero-order chi connectivity index (χ0) is 12.4. The lowest BCUT2D eigenvalue weighted by Crippen LogP contribution is -2.19. The number of hydrogen-bond donors (Lipinski definition) is 1. The van der Waals surface area contributed by atoms with Crippen LogP contribution in [0.2, 0.25) is 0 Å². The molecule has 0 aliphatic rings. The lowest BCUT2D eigenvalue weighted by atomic mass is 10.1. The quantitative estimate of drug-likeness (QED) is 0.761. The van der Waals surface area contributed by atoms with E-state index >= 15 is 0 Å². The van der Waals surface area contributed by atoms with Crippen LogP contribution in [0.5, 0.6) is 0 Å². The van der Waals surface area contributed by atoms with Gasteiger partial charge in [0.25, 0.3) is 0 Å². The minimum absolute atomic E-state index is 0. The van der Waals surface area contributed by atoms with Crippen LogP contribution in [0, 0.1) is 6.92 Å². The summed E-state index contributed by atoms with van der Waals surface area (Å²) in [7, 11) is 0. The van der Waals surface area contributed by atoms with Gasteiger partial charge in [-0.2, -0.15) is 0 Å². The van der Waals surface area contributed by atoms with Gasteiger partial charge in [0.05, 0.1) is 0 Å². The number of rotatable bonds is 2. The summed E-state index contributed by atoms with van der Waals surface area (Å²) in [4.78, 5) is 10.6. The highest BCUT2D eigenvalue weighted by Crippen LogP contribution is 2.05. The second kappa shape index (κ2) is 8.72. The lowest BCUT2D eigenvalue weighted by molar-refractivity contribution is -0.119. The molecule has 1 aromatic carbocycles. The highest BCUT2D eigenvalue weighted by molar-refractivity contribution is 5.72. The highest BCUT2D eigenvalue weighted by atomic mass is 16.1. The standard InChI is InChI=1S/C10H13NO.C4H8.H2/c1-8-5-3-4-6-10(8)7-11-9(2)12;1-3-4-2;/h3-6H,7H2,1-2H3,(H,11,12);3-4H,1-2H3;1H/b;4-3+;. The smallest absolute Gasteiger partial charge is 0.217 e. The Labute approximate surface area is 99.9 Å². The molecule has 0 aliphatic heterocycles. The second-order valence-electron chi connectivity index (χ2n) is 3.50. The Balaban J connectivity index is 0. The maximum Gasteiger partial charge on any atom is 0.217 e. The molecule has 0 saturated heterocycles. The van der Waals surface area contributed by atoms with Gasteiger partial charge in [0.15, 0.2) is 0 Å². The van der Waals surface area contributed by atoms with E-state index in [2.05, 4.69) is 5.32 Å². The van der Waals surface area contributed by atoms with Crippen LogP contribution in [0.25, 0.3) is 0 Å². The molecule has 0 heterocycles. The van der Waals surface area contributed by atoms with Gasteiger partial charge >= 0.3 is 0 Å². The molecule has 0 unspecified atom stereocenters. The maximum atomic E-state index is 10.6. The minimum Gasteiger partial charge on any atom is -0.352 e. The fraction of sp³-hybridized carbons (Fsp3) is 0.357. The topological polar surface area (TPSA) is 29.1 Å². The number of nitrogens with one attached hydrogen (secondary N) is 1. The minimum atomic E-state index is 0. The monoisotopic (exact) mass is 221 g/mol. The second-order valence-corrected chi connectivity index (χ2v) is 3.50. The molecule has 1 N–H and O–H groups in total. The summed E-state index contributed by atoms with van der Waals surface area (Å²) in [5, 5.41) is 2.76. The number of amides is 1. The van der Waals surface area contributed by atoms with Crippen LogP contribution in [0.15, 0.2) is 36.4 Å². The van der Waals surface area contributed by atoms with Crippen molar-refractivity contribution in [2.45, 2.75) is 34.2 Å². The third kappa shape index (κ3) is 6.82. The highest BCUT2D eigenvalue weighted by Gasteiger charge is 1.96. The van der Waals surface area contributed by atoms with Crippen LogP contribution >= 0.6 is 0 Å². The first kappa shape index (κ1) is 14.4. The van der Waals surface area contributed by atoms with Crippen LogP contribution in [-0.4, -0.2) is 5.91 Å². The van der Waals surface area contributed by atoms with E-state index in [1.165, 1.54) is 18.1 Å². The fourth-order valence-electron chi connectivity index (χ4n) is 1.03. The van der Waals surface area contributed by atoms with E-state index in [1.54, 1.807) is 0 Å². The Kier molecular flexibility index (Phi) is 7.86. The first-order valence-electron chi connectivity index (χ1n) is 5.48. The lowest BCUT2D eigenvalue weighted by Gasteiger charge is -2.04. The van der Waals surface area contributed by atoms with Crippen molar-refractivity contribution < 1.29 is 6.22 Å². The van der Waals surface area contributed by atoms with Gasteiger partial charge in [-0.3, -0.25) is 4.79 Å². The summed E-state index contributed by atoms with van der Waals surface area (Å²) in [6, 6.07) is 8.03. The predicted octanol–water partition coefficient (Wildman–Crippen LogP) is 3.46. The molecule has 1 rings (SSSR count). The molecule has 1 aromatic rings. The predicted molar refractivity (Wildman–Crippen MR) is 71.3 cm³/mol. The summed E-state index contributed by atoms with van der Waals surface area (Å²) >= 11 is 0. The van der Waals surface area contributed by atoms with Crippen molar-refractivity contribution in [3.63, 3.8) is 0 Å². The van der Waals surface area contributed by atoms with E-state index in [4.69, 9.17) is 0 Å². The summed E-state index contributed by atoms with van der Waals surface area (Å²) in [5.74, 6) is 0.0123. The first-order chi connectivity index (χ1) is 7.61. The Morgan fingerprint density at radius 1 is 1.31 bits per heavy atom. The zero-order valence-corrected chi connectivity index (χ0v) is 10.6. The van der Waals surface area contributed by atoms with E-state index in [9.17, 15) is 4.79 Å². The number of hydrogen-bond acceptors (Lipinski definition) is 1. The van der Waals surface area contributed by atoms with Gasteiger partial charge in [-0.1, -0.05) is 36.4 Å². The molecule has 0 atom stereocenters. The molecule has 2 nitrogen and oxygen atoms in total. The molecule has 16 heavy (non-hydrogen) atoms. The van der Waals surface area contributed by atoms with Crippen LogP contribution < -0.4 is 5.32 Å². The molecule has 0 radical (unpaired) electrons. The van der Waals surface area contributed by atoms with Crippen LogP contribution in [0.4, 0.5) is 0 Å². The number of allylic oxidation sites excluding steroid dienone is 2. The Hall–Kier alpha value is -1.57. The van der Waals surface area contributed by atoms with E-state index < -0.39 is 0 Å². The van der Waals surface area contributed by atoms with E-state index in [0.717, 1.165) is 0 Å². The molecule has 2 heteroatoms. The summed E-state index contributed by atoms with van der Waals surface area (Å²) in [5.41, 5.74) is 2.39. The van der Waals surface area contributed by atoms with Crippen molar-refractivity contribution in [3.05, 3.63) is 47.5 Å². The third-order valence-corrected chi connectivity index (χ3v) is 2.12. The van der Waals surface area contributed by atoms with E-state index in [0.29, 0.717) is 6.54 Å². The van der Waals surface area contributed by atoms with Gasteiger partial charge in [-0.15, -0.1) is 0 Å². The Morgan fingerprint density at radius 3 is 2.31 bits per heavy atom. The molecule has 0 aliphatic carbocycles. The third-order valence-electron chi connectivity index (χ3n) is 2.12. The van der Waals surface area contributed by atoms with Gasteiger partial charge in [0.1, 0.15) is 0 Å². The molecular weight excluding hydrogens is 198 g/mol. The van der Waals surface area contributed by atoms with Gasteiger partial charge in [0, 0.05) is 14.9 Å². The van der Waals surface area contributed by atoms with Gasteiger partial charge in [-0.25, -0.2) is 0 Å². The van der Waals surface area contributed by atoms with E-state index in [1.807, 2.05) is 57.2 Å². The average molecular weight is 221 g/mol. The van der Waals surface area contributed by atoms with Gasteiger partial charge < -0.3 is 5.32 Å². The van der Waals surface area contributed by atoms with Crippen molar-refractivity contribution in [1.29, 1.82) is 0 Å². The maximum absolute atomic E-state index is 10.6. The van der Waals surface area contributed by atoms with Crippen LogP contribution in [0.1, 0.15) is 33.3 Å². The average Bonchev–Trinajstić information content (AvgIpc) is 2.28. The van der Waals surface area contributed by atoms with E-state index in [-0.39, 0.29) is 7.33 Å². The molecule has 0 bridgehead atoms. The number of benzene rings is 1. The van der Waals surface area contributed by atoms with Crippen molar-refractivity contribution in [2.24, 2.45) is 0 Å². The molecular formula is C14H23NO. The number of carbonyl (C=O) groups excluding carboxylic acids is 1.